The molecule has 112 valence electrons. The smallest absolute Gasteiger partial charge is 0.0500 e. The largest absolute Gasteiger partial charge is 0.326 e. The van der Waals surface area contributed by atoms with Gasteiger partial charge in [0.2, 0.25) is 0 Å². The van der Waals surface area contributed by atoms with Crippen molar-refractivity contribution in [2.24, 2.45) is 11.7 Å². The first-order valence-electron chi connectivity index (χ1n) is 8.15. The molecule has 1 saturated heterocycles. The highest BCUT2D eigenvalue weighted by Gasteiger charge is 2.29. The maximum Gasteiger partial charge on any atom is 0.0500 e. The van der Waals surface area contributed by atoms with Gasteiger partial charge in [-0.1, -0.05) is 26.7 Å². The Kier molecular flexibility index (Phi) is 5.99. The fourth-order valence-electron chi connectivity index (χ4n) is 3.44. The molecule has 2 heterocycles. The molecule has 0 aromatic carbocycles. The van der Waals surface area contributed by atoms with Crippen molar-refractivity contribution in [3.05, 3.63) is 30.1 Å². The summed E-state index contributed by atoms with van der Waals surface area (Å²) in [4.78, 5) is 6.73. The van der Waals surface area contributed by atoms with Gasteiger partial charge in [-0.05, 0) is 56.0 Å². The zero-order chi connectivity index (χ0) is 14.4. The molecule has 2 N–H and O–H groups in total. The Bertz CT molecular complexity index is 371. The first-order valence-corrected chi connectivity index (χ1v) is 8.15. The van der Waals surface area contributed by atoms with Crippen molar-refractivity contribution in [1.82, 2.24) is 9.88 Å². The lowest BCUT2D eigenvalue weighted by Crippen LogP contribution is -2.44. The summed E-state index contributed by atoms with van der Waals surface area (Å²) in [6.45, 7) is 6.85. The van der Waals surface area contributed by atoms with Crippen LogP contribution < -0.4 is 5.73 Å². The second-order valence-electron chi connectivity index (χ2n) is 6.07. The maximum absolute atomic E-state index is 6.41. The van der Waals surface area contributed by atoms with Crippen LogP contribution in [0.2, 0.25) is 0 Å². The van der Waals surface area contributed by atoms with Gasteiger partial charge in [-0.25, -0.2) is 0 Å². The summed E-state index contributed by atoms with van der Waals surface area (Å²) in [6.07, 6.45) is 10.1. The van der Waals surface area contributed by atoms with Crippen LogP contribution in [-0.2, 0) is 0 Å². The fourth-order valence-corrected chi connectivity index (χ4v) is 3.44. The Morgan fingerprint density at radius 2 is 1.90 bits per heavy atom. The van der Waals surface area contributed by atoms with Crippen molar-refractivity contribution >= 4 is 0 Å². The Balaban J connectivity index is 2.05. The van der Waals surface area contributed by atoms with E-state index in [1.54, 1.807) is 0 Å². The standard InChI is InChI=1S/C17H29N3/c1-3-5-14-8-12-20(13-9-14)17(16(18)4-2)15-6-10-19-11-7-15/h6-7,10-11,14,16-17H,3-5,8-9,12-13,18H2,1-2H3. The number of rotatable bonds is 6. The van der Waals surface area contributed by atoms with Gasteiger partial charge in [0.15, 0.2) is 0 Å². The Morgan fingerprint density at radius 3 is 2.45 bits per heavy atom. The van der Waals surface area contributed by atoms with E-state index >= 15 is 0 Å². The first-order chi connectivity index (χ1) is 9.76. The van der Waals surface area contributed by atoms with Crippen LogP contribution in [-0.4, -0.2) is 29.0 Å². The van der Waals surface area contributed by atoms with E-state index in [-0.39, 0.29) is 6.04 Å². The van der Waals surface area contributed by atoms with E-state index in [9.17, 15) is 0 Å². The van der Waals surface area contributed by atoms with Gasteiger partial charge in [0.05, 0.1) is 0 Å². The van der Waals surface area contributed by atoms with Crippen LogP contribution in [0.15, 0.2) is 24.5 Å². The molecule has 1 aromatic rings. The number of piperidine rings is 1. The number of pyridine rings is 1. The molecular formula is C17H29N3. The molecule has 1 aromatic heterocycles. The van der Waals surface area contributed by atoms with E-state index in [0.29, 0.717) is 6.04 Å². The predicted molar refractivity (Wildman–Crippen MR) is 84.4 cm³/mol. The molecule has 2 rings (SSSR count). The number of likely N-dealkylation sites (tertiary alicyclic amines) is 1. The second-order valence-corrected chi connectivity index (χ2v) is 6.07. The van der Waals surface area contributed by atoms with Gasteiger partial charge >= 0.3 is 0 Å². The van der Waals surface area contributed by atoms with Crippen molar-refractivity contribution in [2.75, 3.05) is 13.1 Å². The highest BCUT2D eigenvalue weighted by molar-refractivity contribution is 5.17. The average molecular weight is 275 g/mol. The Morgan fingerprint density at radius 1 is 1.25 bits per heavy atom. The van der Waals surface area contributed by atoms with Crippen LogP contribution in [0.5, 0.6) is 0 Å². The van der Waals surface area contributed by atoms with Gasteiger partial charge in [0, 0.05) is 24.5 Å². The third kappa shape index (κ3) is 3.80. The molecule has 0 radical (unpaired) electrons. The predicted octanol–water partition coefficient (Wildman–Crippen LogP) is 3.37. The van der Waals surface area contributed by atoms with Crippen molar-refractivity contribution in [1.29, 1.82) is 0 Å². The van der Waals surface area contributed by atoms with E-state index in [1.807, 2.05) is 12.4 Å². The number of hydrogen-bond donors (Lipinski definition) is 1. The van der Waals surface area contributed by atoms with E-state index in [4.69, 9.17) is 5.73 Å². The average Bonchev–Trinajstić information content (AvgIpc) is 2.50. The highest BCUT2D eigenvalue weighted by Crippen LogP contribution is 2.30. The van der Waals surface area contributed by atoms with Gasteiger partial charge < -0.3 is 5.73 Å². The van der Waals surface area contributed by atoms with Gasteiger partial charge in [-0.15, -0.1) is 0 Å². The summed E-state index contributed by atoms with van der Waals surface area (Å²) in [6, 6.07) is 4.81. The van der Waals surface area contributed by atoms with E-state index in [1.165, 1.54) is 44.3 Å². The molecule has 1 aliphatic heterocycles. The lowest BCUT2D eigenvalue weighted by atomic mass is 9.89. The van der Waals surface area contributed by atoms with Gasteiger partial charge in [-0.2, -0.15) is 0 Å². The maximum atomic E-state index is 6.41. The van der Waals surface area contributed by atoms with Crippen LogP contribution >= 0.6 is 0 Å². The van der Waals surface area contributed by atoms with E-state index in [2.05, 4.69) is 35.9 Å². The number of aromatic nitrogens is 1. The normalized spacial score (nSPS) is 20.8. The van der Waals surface area contributed by atoms with Crippen LogP contribution in [0.4, 0.5) is 0 Å². The zero-order valence-corrected chi connectivity index (χ0v) is 13.0. The minimum atomic E-state index is 0.208. The van der Waals surface area contributed by atoms with Gasteiger partial charge in [0.1, 0.15) is 0 Å². The SMILES string of the molecule is CCCC1CCN(C(c2ccncc2)C(N)CC)CC1. The quantitative estimate of drug-likeness (QED) is 0.865. The molecule has 1 aliphatic rings. The summed E-state index contributed by atoms with van der Waals surface area (Å²) < 4.78 is 0. The molecule has 0 bridgehead atoms. The number of hydrogen-bond acceptors (Lipinski definition) is 3. The summed E-state index contributed by atoms with van der Waals surface area (Å²) in [5.74, 6) is 0.923. The summed E-state index contributed by atoms with van der Waals surface area (Å²) in [7, 11) is 0. The molecule has 0 aliphatic carbocycles. The third-order valence-electron chi connectivity index (χ3n) is 4.66. The molecule has 2 unspecified atom stereocenters. The molecule has 3 nitrogen and oxygen atoms in total. The van der Waals surface area contributed by atoms with Gasteiger partial charge in [0.25, 0.3) is 0 Å². The topological polar surface area (TPSA) is 42.2 Å². The van der Waals surface area contributed by atoms with E-state index in [0.717, 1.165) is 12.3 Å². The first kappa shape index (κ1) is 15.5. The van der Waals surface area contributed by atoms with Crippen molar-refractivity contribution in [2.45, 2.75) is 58.0 Å². The van der Waals surface area contributed by atoms with Crippen LogP contribution in [0.3, 0.4) is 0 Å². The van der Waals surface area contributed by atoms with Crippen molar-refractivity contribution in [3.8, 4) is 0 Å². The Labute approximate surface area is 123 Å². The molecule has 0 amide bonds. The molecule has 0 spiro atoms. The summed E-state index contributed by atoms with van der Waals surface area (Å²) >= 11 is 0. The Hall–Kier alpha value is -0.930. The van der Waals surface area contributed by atoms with Crippen LogP contribution in [0.1, 0.15) is 57.6 Å². The summed E-state index contributed by atoms with van der Waals surface area (Å²) in [5.41, 5.74) is 7.73. The van der Waals surface area contributed by atoms with Crippen molar-refractivity contribution in [3.63, 3.8) is 0 Å². The third-order valence-corrected chi connectivity index (χ3v) is 4.66. The molecule has 3 heteroatoms. The highest BCUT2D eigenvalue weighted by atomic mass is 15.2. The van der Waals surface area contributed by atoms with Gasteiger partial charge in [-0.3, -0.25) is 9.88 Å². The second kappa shape index (κ2) is 7.75. The minimum absolute atomic E-state index is 0.208. The number of nitrogens with zero attached hydrogens (tertiary/aromatic N) is 2. The molecule has 2 atom stereocenters. The van der Waals surface area contributed by atoms with Crippen LogP contribution in [0.25, 0.3) is 0 Å². The zero-order valence-electron chi connectivity index (χ0n) is 13.0. The molecule has 0 saturated carbocycles. The molecule has 20 heavy (non-hydrogen) atoms. The monoisotopic (exact) mass is 275 g/mol. The number of nitrogens with two attached hydrogens (primary N) is 1. The lowest BCUT2D eigenvalue weighted by Gasteiger charge is -2.40. The lowest BCUT2D eigenvalue weighted by molar-refractivity contribution is 0.111. The summed E-state index contributed by atoms with van der Waals surface area (Å²) in [5, 5.41) is 0. The van der Waals surface area contributed by atoms with Crippen molar-refractivity contribution < 1.29 is 0 Å². The van der Waals surface area contributed by atoms with Crippen LogP contribution in [0, 0.1) is 5.92 Å². The van der Waals surface area contributed by atoms with E-state index < -0.39 is 0 Å². The minimum Gasteiger partial charge on any atom is -0.326 e. The molecular weight excluding hydrogens is 246 g/mol. The molecule has 1 fully saturated rings. The fraction of sp³-hybridized carbons (Fsp3) is 0.706.